The number of rotatable bonds is 4. The molecule has 0 heterocycles. The highest BCUT2D eigenvalue weighted by Crippen LogP contribution is 2.20. The van der Waals surface area contributed by atoms with Crippen molar-refractivity contribution in [2.45, 2.75) is 13.8 Å². The summed E-state index contributed by atoms with van der Waals surface area (Å²) in [5, 5.41) is 5.28. The number of nitrogens with one attached hydrogen (secondary N) is 2. The quantitative estimate of drug-likeness (QED) is 0.823. The molecule has 0 bridgehead atoms. The number of carbonyl (C=O) groups is 2. The molecule has 1 aromatic rings. The first-order valence-electron chi connectivity index (χ1n) is 5.60. The Morgan fingerprint density at radius 1 is 1.33 bits per heavy atom. The van der Waals surface area contributed by atoms with Crippen LogP contribution in [0.1, 0.15) is 24.2 Å². The van der Waals surface area contributed by atoms with Crippen molar-refractivity contribution >= 4 is 29.1 Å². The van der Waals surface area contributed by atoms with Crippen LogP contribution < -0.4 is 10.6 Å². The number of carbonyl (C=O) groups excluding carboxylic acids is 2. The highest BCUT2D eigenvalue weighted by Gasteiger charge is 2.26. The van der Waals surface area contributed by atoms with Crippen molar-refractivity contribution in [3.05, 3.63) is 29.8 Å². The van der Waals surface area contributed by atoms with Gasteiger partial charge in [-0.25, -0.2) is 0 Å². The van der Waals surface area contributed by atoms with Gasteiger partial charge < -0.3 is 10.6 Å². The van der Waals surface area contributed by atoms with Crippen molar-refractivity contribution < 1.29 is 9.59 Å². The van der Waals surface area contributed by atoms with Crippen LogP contribution in [0.15, 0.2) is 24.3 Å². The number of anilines is 1. The molecule has 0 spiro atoms. The predicted octanol–water partition coefficient (Wildman–Crippen LogP) is 2.25. The number of alkyl halides is 1. The van der Waals surface area contributed by atoms with Gasteiger partial charge in [0.2, 0.25) is 5.91 Å². The number of halogens is 1. The molecule has 0 fully saturated rings. The Morgan fingerprint density at radius 3 is 2.56 bits per heavy atom. The van der Waals surface area contributed by atoms with Crippen LogP contribution in [0, 0.1) is 5.41 Å². The molecule has 0 saturated carbocycles. The number of amides is 2. The summed E-state index contributed by atoms with van der Waals surface area (Å²) in [4.78, 5) is 23.4. The molecule has 1 aromatic carbocycles. The first kappa shape index (κ1) is 14.5. The van der Waals surface area contributed by atoms with E-state index < -0.39 is 5.41 Å². The molecule has 0 unspecified atom stereocenters. The van der Waals surface area contributed by atoms with E-state index >= 15 is 0 Å². The molecule has 0 saturated heterocycles. The standard InChI is InChI=1S/C13H17ClN2O2/c1-13(2,8-14)12(18)16-10-6-4-5-9(7-10)11(17)15-3/h4-7H,8H2,1-3H3,(H,15,17)(H,16,18). The van der Waals surface area contributed by atoms with Crippen molar-refractivity contribution in [2.24, 2.45) is 5.41 Å². The molecule has 0 aliphatic heterocycles. The molecule has 0 aliphatic carbocycles. The van der Waals surface area contributed by atoms with Gasteiger partial charge in [0.25, 0.3) is 5.91 Å². The Balaban J connectivity index is 2.86. The van der Waals surface area contributed by atoms with Gasteiger partial charge in [0, 0.05) is 24.2 Å². The molecule has 18 heavy (non-hydrogen) atoms. The average molecular weight is 269 g/mol. The van der Waals surface area contributed by atoms with Gasteiger partial charge in [-0.2, -0.15) is 0 Å². The van der Waals surface area contributed by atoms with Gasteiger partial charge in [-0.05, 0) is 32.0 Å². The van der Waals surface area contributed by atoms with Crippen molar-refractivity contribution in [1.82, 2.24) is 5.32 Å². The highest BCUT2D eigenvalue weighted by molar-refractivity contribution is 6.20. The van der Waals surface area contributed by atoms with E-state index in [0.717, 1.165) is 0 Å². The fraction of sp³-hybridized carbons (Fsp3) is 0.385. The Morgan fingerprint density at radius 2 is 2.00 bits per heavy atom. The van der Waals surface area contributed by atoms with Gasteiger partial charge in [-0.15, -0.1) is 11.6 Å². The lowest BCUT2D eigenvalue weighted by molar-refractivity contribution is -0.122. The van der Waals surface area contributed by atoms with E-state index in [1.807, 2.05) is 0 Å². The molecule has 0 atom stereocenters. The van der Waals surface area contributed by atoms with Gasteiger partial charge in [-0.3, -0.25) is 9.59 Å². The van der Waals surface area contributed by atoms with Crippen molar-refractivity contribution in [3.63, 3.8) is 0 Å². The molecule has 2 amide bonds. The first-order chi connectivity index (χ1) is 8.40. The van der Waals surface area contributed by atoms with Crippen LogP contribution >= 0.6 is 11.6 Å². The van der Waals surface area contributed by atoms with E-state index in [1.54, 1.807) is 45.2 Å². The summed E-state index contributed by atoms with van der Waals surface area (Å²) >= 11 is 5.73. The van der Waals surface area contributed by atoms with Gasteiger partial charge in [0.1, 0.15) is 0 Å². The van der Waals surface area contributed by atoms with Crippen molar-refractivity contribution in [3.8, 4) is 0 Å². The van der Waals surface area contributed by atoms with Crippen molar-refractivity contribution in [2.75, 3.05) is 18.2 Å². The smallest absolute Gasteiger partial charge is 0.251 e. The molecule has 1 rings (SSSR count). The lowest BCUT2D eigenvalue weighted by Crippen LogP contribution is -2.32. The largest absolute Gasteiger partial charge is 0.355 e. The maximum absolute atomic E-state index is 11.9. The van der Waals surface area contributed by atoms with Gasteiger partial charge >= 0.3 is 0 Å². The SMILES string of the molecule is CNC(=O)c1cccc(NC(=O)C(C)(C)CCl)c1. The highest BCUT2D eigenvalue weighted by atomic mass is 35.5. The Labute approximate surface area is 112 Å². The second-order valence-corrected chi connectivity index (χ2v) is 4.90. The second-order valence-electron chi connectivity index (χ2n) is 4.63. The van der Waals surface area contributed by atoms with Gasteiger partial charge in [0.05, 0.1) is 5.41 Å². The minimum absolute atomic E-state index is 0.174. The fourth-order valence-corrected chi connectivity index (χ4v) is 1.36. The van der Waals surface area contributed by atoms with E-state index in [9.17, 15) is 9.59 Å². The monoisotopic (exact) mass is 268 g/mol. The van der Waals surface area contributed by atoms with Crippen LogP contribution in [0.3, 0.4) is 0 Å². The maximum Gasteiger partial charge on any atom is 0.251 e. The van der Waals surface area contributed by atoms with E-state index in [2.05, 4.69) is 10.6 Å². The van der Waals surface area contributed by atoms with Crippen LogP contribution in [0.25, 0.3) is 0 Å². The third kappa shape index (κ3) is 3.47. The summed E-state index contributed by atoms with van der Waals surface area (Å²) < 4.78 is 0. The lowest BCUT2D eigenvalue weighted by Gasteiger charge is -2.20. The maximum atomic E-state index is 11.9. The number of hydrogen-bond donors (Lipinski definition) is 2. The summed E-state index contributed by atoms with van der Waals surface area (Å²) in [5.74, 6) is -0.136. The molecule has 4 nitrogen and oxygen atoms in total. The van der Waals surface area contributed by atoms with Crippen LogP contribution in [0.2, 0.25) is 0 Å². The fourth-order valence-electron chi connectivity index (χ4n) is 1.24. The van der Waals surface area contributed by atoms with E-state index in [1.165, 1.54) is 0 Å². The second kappa shape index (κ2) is 5.87. The van der Waals surface area contributed by atoms with Gasteiger partial charge in [0.15, 0.2) is 0 Å². The minimum atomic E-state index is -0.648. The molecule has 0 radical (unpaired) electrons. The molecule has 0 aromatic heterocycles. The van der Waals surface area contributed by atoms with Crippen molar-refractivity contribution in [1.29, 1.82) is 0 Å². The van der Waals surface area contributed by atoms with E-state index in [-0.39, 0.29) is 17.7 Å². The zero-order chi connectivity index (χ0) is 13.8. The summed E-state index contributed by atoms with van der Waals surface area (Å²) in [7, 11) is 1.56. The molecule has 2 N–H and O–H groups in total. The van der Waals surface area contributed by atoms with Crippen LogP contribution in [-0.4, -0.2) is 24.7 Å². The Bertz CT molecular complexity index is 458. The summed E-state index contributed by atoms with van der Waals surface area (Å²) in [5.41, 5.74) is 0.433. The topological polar surface area (TPSA) is 58.2 Å². The molecular weight excluding hydrogens is 252 g/mol. The van der Waals surface area contributed by atoms with E-state index in [4.69, 9.17) is 11.6 Å². The Hall–Kier alpha value is -1.55. The number of benzene rings is 1. The normalized spacial score (nSPS) is 10.9. The molecule has 0 aliphatic rings. The van der Waals surface area contributed by atoms with Gasteiger partial charge in [-0.1, -0.05) is 6.07 Å². The van der Waals surface area contributed by atoms with Crippen LogP contribution in [-0.2, 0) is 4.79 Å². The third-order valence-electron chi connectivity index (χ3n) is 2.56. The number of hydrogen-bond acceptors (Lipinski definition) is 2. The van der Waals surface area contributed by atoms with Crippen LogP contribution in [0.4, 0.5) is 5.69 Å². The summed E-state index contributed by atoms with van der Waals surface area (Å²) in [6.45, 7) is 3.52. The average Bonchev–Trinajstić information content (AvgIpc) is 2.38. The summed E-state index contributed by atoms with van der Waals surface area (Å²) in [6, 6.07) is 6.75. The molecular formula is C13H17ClN2O2. The zero-order valence-corrected chi connectivity index (χ0v) is 11.5. The predicted molar refractivity (Wildman–Crippen MR) is 73.0 cm³/mol. The first-order valence-corrected chi connectivity index (χ1v) is 6.13. The molecule has 98 valence electrons. The Kier molecular flexibility index (Phi) is 4.73. The lowest BCUT2D eigenvalue weighted by atomic mass is 9.95. The third-order valence-corrected chi connectivity index (χ3v) is 3.23. The van der Waals surface area contributed by atoms with E-state index in [0.29, 0.717) is 11.3 Å². The molecule has 5 heteroatoms. The summed E-state index contributed by atoms with van der Waals surface area (Å²) in [6.07, 6.45) is 0. The van der Waals surface area contributed by atoms with Crippen LogP contribution in [0.5, 0.6) is 0 Å². The minimum Gasteiger partial charge on any atom is -0.355 e. The zero-order valence-electron chi connectivity index (χ0n) is 10.7.